The smallest absolute Gasteiger partial charge is 0.376 e. The summed E-state index contributed by atoms with van der Waals surface area (Å²) in [5.41, 5.74) is -0.889. The largest absolute Gasteiger partial charge is 0.418 e. The molecular weight excluding hydrogens is 301 g/mol. The predicted octanol–water partition coefficient (Wildman–Crippen LogP) is 2.66. The highest BCUT2D eigenvalue weighted by molar-refractivity contribution is 5.59. The van der Waals surface area contributed by atoms with E-state index in [-0.39, 0.29) is 11.6 Å². The molecule has 0 radical (unpaired) electrons. The van der Waals surface area contributed by atoms with Crippen LogP contribution in [0.1, 0.15) is 17.5 Å². The molecular formula is C13H13F3N4O2. The van der Waals surface area contributed by atoms with E-state index in [2.05, 4.69) is 20.5 Å². The molecule has 2 aromatic rings. The van der Waals surface area contributed by atoms with E-state index in [1.807, 2.05) is 0 Å². The maximum atomic E-state index is 12.9. The summed E-state index contributed by atoms with van der Waals surface area (Å²) in [4.78, 5) is 4.10. The second kappa shape index (κ2) is 5.93. The summed E-state index contributed by atoms with van der Waals surface area (Å²) in [6, 6.07) is 5.14. The SMILES string of the molecule is FC(F)(F)c1ccccc1Nc1n[nH]c(C2COCCO2)n1. The molecule has 22 heavy (non-hydrogen) atoms. The molecule has 1 atom stereocenters. The molecule has 0 saturated carbocycles. The predicted molar refractivity (Wildman–Crippen MR) is 70.6 cm³/mol. The van der Waals surface area contributed by atoms with Crippen LogP contribution in [0.15, 0.2) is 24.3 Å². The molecule has 1 saturated heterocycles. The standard InChI is InChI=1S/C13H13F3N4O2/c14-13(15,16)8-3-1-2-4-9(8)17-12-18-11(19-20-12)10-7-21-5-6-22-10/h1-4,10H,5-7H2,(H2,17,18,19,20). The van der Waals surface area contributed by atoms with E-state index in [9.17, 15) is 13.2 Å². The van der Waals surface area contributed by atoms with E-state index in [0.29, 0.717) is 25.6 Å². The number of hydrogen-bond acceptors (Lipinski definition) is 5. The quantitative estimate of drug-likeness (QED) is 0.911. The summed E-state index contributed by atoms with van der Waals surface area (Å²) in [5.74, 6) is 0.451. The van der Waals surface area contributed by atoms with Crippen molar-refractivity contribution in [3.63, 3.8) is 0 Å². The zero-order chi connectivity index (χ0) is 15.6. The number of halogens is 3. The van der Waals surface area contributed by atoms with Crippen LogP contribution in [0.25, 0.3) is 0 Å². The van der Waals surface area contributed by atoms with Crippen molar-refractivity contribution in [2.45, 2.75) is 12.3 Å². The molecule has 1 unspecified atom stereocenters. The summed E-state index contributed by atoms with van der Waals surface area (Å²) in [6.07, 6.45) is -4.85. The van der Waals surface area contributed by atoms with Gasteiger partial charge in [-0.15, -0.1) is 5.10 Å². The summed E-state index contributed by atoms with van der Waals surface area (Å²) in [6.45, 7) is 1.27. The van der Waals surface area contributed by atoms with Crippen molar-refractivity contribution >= 4 is 11.6 Å². The Labute approximate surface area is 123 Å². The highest BCUT2D eigenvalue weighted by Crippen LogP contribution is 2.35. The number of anilines is 2. The lowest BCUT2D eigenvalue weighted by atomic mass is 10.1. The number of H-pyrrole nitrogens is 1. The Morgan fingerprint density at radius 2 is 2.05 bits per heavy atom. The van der Waals surface area contributed by atoms with E-state index in [1.165, 1.54) is 18.2 Å². The van der Waals surface area contributed by atoms with Gasteiger partial charge in [0.1, 0.15) is 6.10 Å². The third-order valence-corrected chi connectivity index (χ3v) is 3.10. The molecule has 6 nitrogen and oxygen atoms in total. The van der Waals surface area contributed by atoms with Crippen LogP contribution in [0.5, 0.6) is 0 Å². The topological polar surface area (TPSA) is 72.1 Å². The van der Waals surface area contributed by atoms with E-state index < -0.39 is 17.8 Å². The van der Waals surface area contributed by atoms with E-state index in [0.717, 1.165) is 6.07 Å². The molecule has 0 amide bonds. The summed E-state index contributed by atoms with van der Waals surface area (Å²) in [5, 5.41) is 9.07. The van der Waals surface area contributed by atoms with Gasteiger partial charge in [0.05, 0.1) is 31.1 Å². The normalized spacial score (nSPS) is 19.1. The third kappa shape index (κ3) is 3.20. The van der Waals surface area contributed by atoms with E-state index in [1.54, 1.807) is 0 Å². The van der Waals surface area contributed by atoms with Gasteiger partial charge in [0.15, 0.2) is 5.82 Å². The number of ether oxygens (including phenoxy) is 2. The first-order valence-electron chi connectivity index (χ1n) is 6.59. The van der Waals surface area contributed by atoms with Crippen LogP contribution < -0.4 is 5.32 Å². The summed E-state index contributed by atoms with van der Waals surface area (Å²) < 4.78 is 49.5. The van der Waals surface area contributed by atoms with Gasteiger partial charge in [-0.2, -0.15) is 18.2 Å². The van der Waals surface area contributed by atoms with Crippen molar-refractivity contribution in [1.82, 2.24) is 15.2 Å². The Balaban J connectivity index is 1.78. The Morgan fingerprint density at radius 1 is 1.23 bits per heavy atom. The van der Waals surface area contributed by atoms with Crippen LogP contribution in [0, 0.1) is 0 Å². The van der Waals surface area contributed by atoms with Gasteiger partial charge in [-0.3, -0.25) is 5.10 Å². The number of hydrogen-bond donors (Lipinski definition) is 2. The molecule has 3 rings (SSSR count). The van der Waals surface area contributed by atoms with Gasteiger partial charge in [-0.1, -0.05) is 12.1 Å². The van der Waals surface area contributed by atoms with Crippen LogP contribution in [-0.2, 0) is 15.7 Å². The molecule has 1 aliphatic rings. The highest BCUT2D eigenvalue weighted by Gasteiger charge is 2.33. The Kier molecular flexibility index (Phi) is 3.99. The van der Waals surface area contributed by atoms with Crippen molar-refractivity contribution in [2.75, 3.05) is 25.1 Å². The lowest BCUT2D eigenvalue weighted by Gasteiger charge is -2.20. The van der Waals surface area contributed by atoms with E-state index >= 15 is 0 Å². The first-order valence-corrected chi connectivity index (χ1v) is 6.59. The van der Waals surface area contributed by atoms with Gasteiger partial charge in [-0.05, 0) is 12.1 Å². The van der Waals surface area contributed by atoms with Crippen LogP contribution >= 0.6 is 0 Å². The fourth-order valence-corrected chi connectivity index (χ4v) is 2.08. The molecule has 0 aliphatic carbocycles. The molecule has 2 heterocycles. The Morgan fingerprint density at radius 3 is 2.77 bits per heavy atom. The second-order valence-corrected chi connectivity index (χ2v) is 4.65. The molecule has 0 spiro atoms. The molecule has 1 aromatic carbocycles. The fraction of sp³-hybridized carbons (Fsp3) is 0.385. The molecule has 118 valence electrons. The van der Waals surface area contributed by atoms with Crippen LogP contribution in [0.3, 0.4) is 0 Å². The van der Waals surface area contributed by atoms with Crippen molar-refractivity contribution in [2.24, 2.45) is 0 Å². The summed E-state index contributed by atoms with van der Waals surface area (Å²) in [7, 11) is 0. The number of nitrogens with one attached hydrogen (secondary N) is 2. The first kappa shape index (κ1) is 14.8. The molecule has 1 aromatic heterocycles. The maximum absolute atomic E-state index is 12.9. The number of aromatic amines is 1. The van der Waals surface area contributed by atoms with Gasteiger partial charge in [-0.25, -0.2) is 0 Å². The third-order valence-electron chi connectivity index (χ3n) is 3.10. The molecule has 0 bridgehead atoms. The van der Waals surface area contributed by atoms with Gasteiger partial charge in [0.2, 0.25) is 5.95 Å². The molecule has 9 heteroatoms. The maximum Gasteiger partial charge on any atom is 0.418 e. The number of benzene rings is 1. The lowest BCUT2D eigenvalue weighted by molar-refractivity contribution is -0.136. The number of alkyl halides is 3. The summed E-state index contributed by atoms with van der Waals surface area (Å²) >= 11 is 0. The van der Waals surface area contributed by atoms with Gasteiger partial charge < -0.3 is 14.8 Å². The minimum Gasteiger partial charge on any atom is -0.376 e. The van der Waals surface area contributed by atoms with E-state index in [4.69, 9.17) is 9.47 Å². The van der Waals surface area contributed by atoms with Crippen molar-refractivity contribution in [1.29, 1.82) is 0 Å². The molecule has 1 fully saturated rings. The molecule has 1 aliphatic heterocycles. The van der Waals surface area contributed by atoms with Crippen LogP contribution in [-0.4, -0.2) is 35.0 Å². The zero-order valence-electron chi connectivity index (χ0n) is 11.4. The Hall–Kier alpha value is -2.13. The zero-order valence-corrected chi connectivity index (χ0v) is 11.4. The number of rotatable bonds is 3. The fourth-order valence-electron chi connectivity index (χ4n) is 2.08. The molecule has 2 N–H and O–H groups in total. The minimum atomic E-state index is -4.46. The lowest BCUT2D eigenvalue weighted by Crippen LogP contribution is -2.22. The monoisotopic (exact) mass is 314 g/mol. The minimum absolute atomic E-state index is 0.0425. The number of aromatic nitrogens is 3. The average molecular weight is 314 g/mol. The second-order valence-electron chi connectivity index (χ2n) is 4.65. The van der Waals surface area contributed by atoms with Crippen molar-refractivity contribution in [3.05, 3.63) is 35.7 Å². The highest BCUT2D eigenvalue weighted by atomic mass is 19.4. The first-order chi connectivity index (χ1) is 10.5. The number of para-hydroxylation sites is 1. The van der Waals surface area contributed by atoms with Gasteiger partial charge in [0.25, 0.3) is 0 Å². The van der Waals surface area contributed by atoms with Gasteiger partial charge >= 0.3 is 6.18 Å². The number of nitrogens with zero attached hydrogens (tertiary/aromatic N) is 2. The van der Waals surface area contributed by atoms with Crippen molar-refractivity contribution in [3.8, 4) is 0 Å². The van der Waals surface area contributed by atoms with Gasteiger partial charge in [0, 0.05) is 0 Å². The van der Waals surface area contributed by atoms with Crippen LogP contribution in [0.4, 0.5) is 24.8 Å². The Bertz CT molecular complexity index is 638. The average Bonchev–Trinajstić information content (AvgIpc) is 2.96. The van der Waals surface area contributed by atoms with Crippen LogP contribution in [0.2, 0.25) is 0 Å². The van der Waals surface area contributed by atoms with Crippen molar-refractivity contribution < 1.29 is 22.6 Å².